The number of carbonyl (C=O) groups excluding carboxylic acids is 2. The largest absolute Gasteiger partial charge is 0.507 e. The van der Waals surface area contributed by atoms with Crippen molar-refractivity contribution in [3.63, 3.8) is 0 Å². The van der Waals surface area contributed by atoms with Crippen LogP contribution in [0.4, 0.5) is 5.69 Å². The normalized spacial score (nSPS) is 20.1. The molecule has 2 aliphatic heterocycles. The summed E-state index contributed by atoms with van der Waals surface area (Å²) in [5.74, 6) is -1.26. The van der Waals surface area contributed by atoms with E-state index in [-0.39, 0.29) is 23.6 Å². The monoisotopic (exact) mass is 495 g/mol. The van der Waals surface area contributed by atoms with Crippen molar-refractivity contribution in [1.29, 1.82) is 0 Å². The zero-order valence-corrected chi connectivity index (χ0v) is 20.3. The molecule has 2 aliphatic rings. The molecule has 36 heavy (non-hydrogen) atoms. The molecule has 2 saturated heterocycles. The second kappa shape index (κ2) is 10.9. The quantitative estimate of drug-likeness (QED) is 0.195. The highest BCUT2D eigenvalue weighted by molar-refractivity contribution is 6.46. The number of aryl methyl sites for hydroxylation is 1. The SMILES string of the molecule is COc1ccc(C(O)=C2C(=O)C(=O)N(CCCN3CCOCC3)[C@@H]2c2cccc([N+](=O)[O-])c2)cc1C. The van der Waals surface area contributed by atoms with Crippen LogP contribution in [-0.4, -0.2) is 78.0 Å². The number of aliphatic hydroxyl groups is 1. The van der Waals surface area contributed by atoms with Gasteiger partial charge in [-0.1, -0.05) is 12.1 Å². The number of Topliss-reactive ketones (excluding diaryl/α,β-unsaturated/α-hetero) is 1. The van der Waals surface area contributed by atoms with E-state index in [4.69, 9.17) is 9.47 Å². The van der Waals surface area contributed by atoms with E-state index in [1.165, 1.54) is 30.2 Å². The highest BCUT2D eigenvalue weighted by Gasteiger charge is 2.46. The number of methoxy groups -OCH3 is 1. The Bertz CT molecular complexity index is 1200. The first-order valence-electron chi connectivity index (χ1n) is 11.8. The van der Waals surface area contributed by atoms with Crippen LogP contribution >= 0.6 is 0 Å². The van der Waals surface area contributed by atoms with Crippen molar-refractivity contribution in [3.05, 3.63) is 74.8 Å². The van der Waals surface area contributed by atoms with Crippen LogP contribution in [-0.2, 0) is 14.3 Å². The van der Waals surface area contributed by atoms with E-state index in [1.54, 1.807) is 31.2 Å². The van der Waals surface area contributed by atoms with Crippen molar-refractivity contribution in [1.82, 2.24) is 9.80 Å². The van der Waals surface area contributed by atoms with Gasteiger partial charge in [0.2, 0.25) is 0 Å². The lowest BCUT2D eigenvalue weighted by Gasteiger charge is -2.29. The highest BCUT2D eigenvalue weighted by atomic mass is 16.6. The van der Waals surface area contributed by atoms with Crippen molar-refractivity contribution in [2.24, 2.45) is 0 Å². The number of morpholine rings is 1. The molecule has 1 atom stereocenters. The summed E-state index contributed by atoms with van der Waals surface area (Å²) < 4.78 is 10.7. The maximum Gasteiger partial charge on any atom is 0.295 e. The second-order valence-corrected chi connectivity index (χ2v) is 8.84. The Kier molecular flexibility index (Phi) is 7.66. The molecule has 0 unspecified atom stereocenters. The molecular weight excluding hydrogens is 466 g/mol. The molecule has 1 N–H and O–H groups in total. The van der Waals surface area contributed by atoms with Gasteiger partial charge in [0.1, 0.15) is 11.5 Å². The van der Waals surface area contributed by atoms with E-state index >= 15 is 0 Å². The summed E-state index contributed by atoms with van der Waals surface area (Å²) in [4.78, 5) is 40.9. The predicted octanol–water partition coefficient (Wildman–Crippen LogP) is 3.06. The average Bonchev–Trinajstić information content (AvgIpc) is 3.14. The van der Waals surface area contributed by atoms with Gasteiger partial charge in [-0.3, -0.25) is 24.6 Å². The molecule has 2 fully saturated rings. The zero-order valence-electron chi connectivity index (χ0n) is 20.3. The van der Waals surface area contributed by atoms with E-state index in [0.29, 0.717) is 43.1 Å². The van der Waals surface area contributed by atoms with Gasteiger partial charge in [0.15, 0.2) is 0 Å². The van der Waals surface area contributed by atoms with Crippen molar-refractivity contribution in [2.75, 3.05) is 46.5 Å². The van der Waals surface area contributed by atoms with Gasteiger partial charge in [-0.2, -0.15) is 0 Å². The number of carbonyl (C=O) groups is 2. The molecular formula is C26H29N3O7. The van der Waals surface area contributed by atoms with Gasteiger partial charge in [0.25, 0.3) is 17.4 Å². The Hall–Kier alpha value is -3.76. The molecule has 0 bridgehead atoms. The number of non-ortho nitro benzene ring substituents is 1. The predicted molar refractivity (Wildman–Crippen MR) is 132 cm³/mol. The van der Waals surface area contributed by atoms with Crippen LogP contribution in [0.3, 0.4) is 0 Å². The number of nitrogens with zero attached hydrogens (tertiary/aromatic N) is 3. The summed E-state index contributed by atoms with van der Waals surface area (Å²) in [7, 11) is 1.53. The molecule has 2 aromatic carbocycles. The van der Waals surface area contributed by atoms with Crippen LogP contribution in [0, 0.1) is 17.0 Å². The topological polar surface area (TPSA) is 122 Å². The zero-order chi connectivity index (χ0) is 25.8. The van der Waals surface area contributed by atoms with E-state index in [2.05, 4.69) is 4.90 Å². The lowest BCUT2D eigenvalue weighted by molar-refractivity contribution is -0.384. The van der Waals surface area contributed by atoms with Crippen molar-refractivity contribution < 1.29 is 29.1 Å². The Morgan fingerprint density at radius 1 is 1.17 bits per heavy atom. The number of amides is 1. The van der Waals surface area contributed by atoms with Crippen molar-refractivity contribution in [2.45, 2.75) is 19.4 Å². The summed E-state index contributed by atoms with van der Waals surface area (Å²) in [6, 6.07) is 9.84. The average molecular weight is 496 g/mol. The maximum absolute atomic E-state index is 13.2. The molecule has 0 radical (unpaired) electrons. The van der Waals surface area contributed by atoms with E-state index in [1.807, 2.05) is 0 Å². The van der Waals surface area contributed by atoms with Gasteiger partial charge in [-0.25, -0.2) is 0 Å². The number of ether oxygens (including phenoxy) is 2. The molecule has 10 heteroatoms. The molecule has 2 aromatic rings. The van der Waals surface area contributed by atoms with E-state index < -0.39 is 22.7 Å². The third-order valence-corrected chi connectivity index (χ3v) is 6.58. The van der Waals surface area contributed by atoms with Crippen LogP contribution in [0.25, 0.3) is 5.76 Å². The number of ketones is 1. The lowest BCUT2D eigenvalue weighted by atomic mass is 9.94. The van der Waals surface area contributed by atoms with Crippen LogP contribution in [0.15, 0.2) is 48.0 Å². The summed E-state index contributed by atoms with van der Waals surface area (Å²) >= 11 is 0. The lowest BCUT2D eigenvalue weighted by Crippen LogP contribution is -2.39. The molecule has 0 saturated carbocycles. The first kappa shape index (κ1) is 25.3. The number of benzene rings is 2. The van der Waals surface area contributed by atoms with E-state index in [0.717, 1.165) is 18.7 Å². The molecule has 4 rings (SSSR count). The number of nitro benzene ring substituents is 1. The molecule has 10 nitrogen and oxygen atoms in total. The van der Waals surface area contributed by atoms with Crippen LogP contribution < -0.4 is 4.74 Å². The molecule has 1 amide bonds. The molecule has 2 heterocycles. The first-order chi connectivity index (χ1) is 17.3. The Morgan fingerprint density at radius 3 is 2.58 bits per heavy atom. The van der Waals surface area contributed by atoms with Crippen molar-refractivity contribution in [3.8, 4) is 5.75 Å². The van der Waals surface area contributed by atoms with Gasteiger partial charge in [-0.05, 0) is 42.7 Å². The number of aliphatic hydroxyl groups excluding tert-OH is 1. The van der Waals surface area contributed by atoms with Crippen LogP contribution in [0.2, 0.25) is 0 Å². The Labute approximate surface area is 208 Å². The van der Waals surface area contributed by atoms with Gasteiger partial charge < -0.3 is 19.5 Å². The third-order valence-electron chi connectivity index (χ3n) is 6.58. The molecule has 0 aromatic heterocycles. The summed E-state index contributed by atoms with van der Waals surface area (Å²) in [5.41, 5.74) is 1.24. The molecule has 0 spiro atoms. The smallest absolute Gasteiger partial charge is 0.295 e. The molecule has 190 valence electrons. The fourth-order valence-corrected chi connectivity index (χ4v) is 4.74. The fourth-order valence-electron chi connectivity index (χ4n) is 4.74. The third kappa shape index (κ3) is 5.09. The number of hydrogen-bond acceptors (Lipinski definition) is 8. The Morgan fingerprint density at radius 2 is 1.92 bits per heavy atom. The summed E-state index contributed by atoms with van der Waals surface area (Å²) in [6.45, 7) is 5.67. The van der Waals surface area contributed by atoms with Gasteiger partial charge in [0.05, 0.1) is 36.9 Å². The van der Waals surface area contributed by atoms with E-state index in [9.17, 15) is 24.8 Å². The minimum Gasteiger partial charge on any atom is -0.507 e. The van der Waals surface area contributed by atoms with Gasteiger partial charge in [0, 0.05) is 43.9 Å². The fraction of sp³-hybridized carbons (Fsp3) is 0.385. The first-order valence-corrected chi connectivity index (χ1v) is 11.8. The second-order valence-electron chi connectivity index (χ2n) is 8.84. The summed E-state index contributed by atoms with van der Waals surface area (Å²) in [5, 5.41) is 22.7. The van der Waals surface area contributed by atoms with Crippen molar-refractivity contribution >= 4 is 23.1 Å². The Balaban J connectivity index is 1.73. The van der Waals surface area contributed by atoms with Gasteiger partial charge >= 0.3 is 0 Å². The standard InChI is InChI=1S/C26H29N3O7/c1-17-15-19(7-8-21(17)35-2)24(30)22-23(18-5-3-6-20(16-18)29(33)34)28(26(32)25(22)31)10-4-9-27-11-13-36-14-12-27/h3,5-8,15-16,23,30H,4,9-14H2,1-2H3/t23-/m1/s1. The number of likely N-dealkylation sites (tertiary alicyclic amines) is 1. The number of rotatable bonds is 8. The minimum atomic E-state index is -0.947. The maximum atomic E-state index is 13.2. The summed E-state index contributed by atoms with van der Waals surface area (Å²) in [6.07, 6.45) is 0.597. The minimum absolute atomic E-state index is 0.0866. The van der Waals surface area contributed by atoms with Crippen LogP contribution in [0.1, 0.15) is 29.2 Å². The van der Waals surface area contributed by atoms with Crippen LogP contribution in [0.5, 0.6) is 5.75 Å². The molecule has 0 aliphatic carbocycles. The number of hydrogen-bond donors (Lipinski definition) is 1. The van der Waals surface area contributed by atoms with Gasteiger partial charge in [-0.15, -0.1) is 0 Å². The number of nitro groups is 1. The highest BCUT2D eigenvalue weighted by Crippen LogP contribution is 2.40.